The van der Waals surface area contributed by atoms with Crippen LogP contribution in [0.2, 0.25) is 5.02 Å². The lowest BCUT2D eigenvalue weighted by Gasteiger charge is -2.20. The van der Waals surface area contributed by atoms with Crippen LogP contribution in [0.3, 0.4) is 0 Å². The Balaban J connectivity index is 1.82. The molecule has 110 valence electrons. The fourth-order valence-electron chi connectivity index (χ4n) is 2.45. The van der Waals surface area contributed by atoms with Gasteiger partial charge < -0.3 is 10.1 Å². The third kappa shape index (κ3) is 3.46. The molecule has 2 atom stereocenters. The van der Waals surface area contributed by atoms with Gasteiger partial charge in [0, 0.05) is 16.5 Å². The molecule has 0 saturated carbocycles. The molecular formula is C16H16ClNO2S. The summed E-state index contributed by atoms with van der Waals surface area (Å²) >= 11 is 7.57. The Morgan fingerprint density at radius 3 is 2.76 bits per heavy atom. The number of nitrogens with one attached hydrogen (secondary N) is 1. The number of hydrogen-bond acceptors (Lipinski definition) is 3. The van der Waals surface area contributed by atoms with Gasteiger partial charge in [0.1, 0.15) is 6.10 Å². The molecule has 0 radical (unpaired) electrons. The quantitative estimate of drug-likeness (QED) is 0.930. The lowest BCUT2D eigenvalue weighted by Crippen LogP contribution is -2.37. The van der Waals surface area contributed by atoms with E-state index in [-0.39, 0.29) is 18.1 Å². The van der Waals surface area contributed by atoms with Gasteiger partial charge >= 0.3 is 0 Å². The first kappa shape index (κ1) is 14.6. The van der Waals surface area contributed by atoms with Crippen molar-refractivity contribution in [2.75, 3.05) is 6.61 Å². The number of halogens is 1. The Kier molecular flexibility index (Phi) is 4.58. The Morgan fingerprint density at radius 1 is 1.33 bits per heavy atom. The number of hydrogen-bond donors (Lipinski definition) is 1. The maximum atomic E-state index is 12.3. The van der Waals surface area contributed by atoms with Crippen LogP contribution < -0.4 is 5.32 Å². The zero-order chi connectivity index (χ0) is 14.7. The number of carbonyl (C=O) groups excluding carboxylic acids is 1. The van der Waals surface area contributed by atoms with Gasteiger partial charge in [-0.05, 0) is 42.0 Å². The van der Waals surface area contributed by atoms with Crippen LogP contribution in [0.4, 0.5) is 0 Å². The van der Waals surface area contributed by atoms with Gasteiger partial charge in [-0.15, -0.1) is 11.3 Å². The molecular weight excluding hydrogens is 306 g/mol. The van der Waals surface area contributed by atoms with Gasteiger partial charge in [-0.2, -0.15) is 0 Å². The predicted octanol–water partition coefficient (Wildman–Crippen LogP) is 3.79. The second kappa shape index (κ2) is 6.60. The van der Waals surface area contributed by atoms with E-state index in [0.717, 1.165) is 23.3 Å². The van der Waals surface area contributed by atoms with E-state index < -0.39 is 0 Å². The van der Waals surface area contributed by atoms with E-state index in [1.165, 1.54) is 0 Å². The monoisotopic (exact) mass is 321 g/mol. The van der Waals surface area contributed by atoms with E-state index >= 15 is 0 Å². The van der Waals surface area contributed by atoms with Gasteiger partial charge in [-0.3, -0.25) is 4.79 Å². The number of carbonyl (C=O) groups is 1. The minimum atomic E-state index is -0.320. The average molecular weight is 322 g/mol. The maximum absolute atomic E-state index is 12.3. The molecule has 0 unspecified atom stereocenters. The Hall–Kier alpha value is -1.36. The van der Waals surface area contributed by atoms with E-state index in [0.29, 0.717) is 11.6 Å². The minimum Gasteiger partial charge on any atom is -0.368 e. The Morgan fingerprint density at radius 2 is 2.14 bits per heavy atom. The number of amides is 1. The van der Waals surface area contributed by atoms with Gasteiger partial charge in [-0.25, -0.2) is 0 Å². The third-order valence-electron chi connectivity index (χ3n) is 3.54. The van der Waals surface area contributed by atoms with Crippen molar-refractivity contribution in [3.63, 3.8) is 0 Å². The molecule has 0 spiro atoms. The lowest BCUT2D eigenvalue weighted by atomic mass is 10.0. The van der Waals surface area contributed by atoms with E-state index in [1.807, 2.05) is 41.8 Å². The minimum absolute atomic E-state index is 0.0409. The highest BCUT2D eigenvalue weighted by molar-refractivity contribution is 7.10. The zero-order valence-corrected chi connectivity index (χ0v) is 13.0. The van der Waals surface area contributed by atoms with Crippen molar-refractivity contribution in [3.05, 3.63) is 57.2 Å². The van der Waals surface area contributed by atoms with Crippen LogP contribution >= 0.6 is 22.9 Å². The molecule has 2 heterocycles. The lowest BCUT2D eigenvalue weighted by molar-refractivity contribution is -0.130. The molecule has 5 heteroatoms. The third-order valence-corrected chi connectivity index (χ3v) is 4.73. The highest BCUT2D eigenvalue weighted by atomic mass is 35.5. The summed E-state index contributed by atoms with van der Waals surface area (Å²) < 4.78 is 5.46. The van der Waals surface area contributed by atoms with Crippen molar-refractivity contribution in [2.45, 2.75) is 25.0 Å². The van der Waals surface area contributed by atoms with Crippen molar-refractivity contribution < 1.29 is 9.53 Å². The maximum Gasteiger partial charge on any atom is 0.249 e. The molecule has 1 aliphatic heterocycles. The molecule has 1 fully saturated rings. The predicted molar refractivity (Wildman–Crippen MR) is 84.7 cm³/mol. The van der Waals surface area contributed by atoms with Crippen molar-refractivity contribution in [2.24, 2.45) is 0 Å². The first-order valence-corrected chi connectivity index (χ1v) is 8.20. The summed E-state index contributed by atoms with van der Waals surface area (Å²) in [5.74, 6) is -0.0409. The highest BCUT2D eigenvalue weighted by Gasteiger charge is 2.27. The summed E-state index contributed by atoms with van der Waals surface area (Å²) in [7, 11) is 0. The molecule has 3 nitrogen and oxygen atoms in total. The number of rotatable bonds is 4. The molecule has 1 aromatic heterocycles. The molecule has 1 saturated heterocycles. The van der Waals surface area contributed by atoms with Gasteiger partial charge in [0.2, 0.25) is 5.91 Å². The number of ether oxygens (including phenoxy) is 1. The molecule has 1 amide bonds. The normalized spacial score (nSPS) is 19.4. The van der Waals surface area contributed by atoms with E-state index in [4.69, 9.17) is 16.3 Å². The van der Waals surface area contributed by atoms with E-state index in [2.05, 4.69) is 5.32 Å². The summed E-state index contributed by atoms with van der Waals surface area (Å²) in [6, 6.07) is 11.4. The number of benzene rings is 1. The van der Waals surface area contributed by atoms with Crippen LogP contribution in [0.5, 0.6) is 0 Å². The van der Waals surface area contributed by atoms with Crippen molar-refractivity contribution >= 4 is 28.8 Å². The van der Waals surface area contributed by atoms with Crippen LogP contribution in [-0.4, -0.2) is 18.6 Å². The molecule has 2 aromatic rings. The first-order chi connectivity index (χ1) is 10.2. The molecule has 0 bridgehead atoms. The van der Waals surface area contributed by atoms with Crippen LogP contribution in [-0.2, 0) is 9.53 Å². The van der Waals surface area contributed by atoms with Gasteiger partial charge in [-0.1, -0.05) is 29.8 Å². The summed E-state index contributed by atoms with van der Waals surface area (Å²) in [5, 5.41) is 5.80. The second-order valence-electron chi connectivity index (χ2n) is 5.01. The zero-order valence-electron chi connectivity index (χ0n) is 11.4. The molecule has 1 aliphatic rings. The van der Waals surface area contributed by atoms with Crippen LogP contribution in [0.15, 0.2) is 41.8 Å². The Bertz CT molecular complexity index is 591. The van der Waals surface area contributed by atoms with E-state index in [1.54, 1.807) is 11.3 Å². The van der Waals surface area contributed by atoms with Crippen molar-refractivity contribution in [1.82, 2.24) is 5.32 Å². The highest BCUT2D eigenvalue weighted by Crippen LogP contribution is 2.27. The van der Waals surface area contributed by atoms with Gasteiger partial charge in [0.25, 0.3) is 0 Å². The molecule has 3 rings (SSSR count). The summed E-state index contributed by atoms with van der Waals surface area (Å²) in [5.41, 5.74) is 1.02. The molecule has 1 N–H and O–H groups in total. The van der Waals surface area contributed by atoms with Gasteiger partial charge in [0.05, 0.1) is 6.04 Å². The summed E-state index contributed by atoms with van der Waals surface area (Å²) in [4.78, 5) is 13.4. The number of thiophene rings is 1. The summed E-state index contributed by atoms with van der Waals surface area (Å²) in [6.07, 6.45) is 1.42. The van der Waals surface area contributed by atoms with Crippen molar-refractivity contribution in [3.8, 4) is 0 Å². The molecule has 1 aromatic carbocycles. The van der Waals surface area contributed by atoms with Crippen molar-refractivity contribution in [1.29, 1.82) is 0 Å². The average Bonchev–Trinajstić information content (AvgIpc) is 3.19. The van der Waals surface area contributed by atoms with Crippen LogP contribution in [0, 0.1) is 0 Å². The summed E-state index contributed by atoms with van der Waals surface area (Å²) in [6.45, 7) is 0.669. The second-order valence-corrected chi connectivity index (χ2v) is 6.43. The molecule has 21 heavy (non-hydrogen) atoms. The van der Waals surface area contributed by atoms with E-state index in [9.17, 15) is 4.79 Å². The van der Waals surface area contributed by atoms with Crippen LogP contribution in [0.25, 0.3) is 0 Å². The molecule has 0 aliphatic carbocycles. The SMILES string of the molecule is O=C(N[C@H](c1ccc(Cl)cc1)c1cccs1)[C@@H]1CCCO1. The topological polar surface area (TPSA) is 38.3 Å². The fourth-order valence-corrected chi connectivity index (χ4v) is 3.38. The largest absolute Gasteiger partial charge is 0.368 e. The standard InChI is InChI=1S/C16H16ClNO2S/c17-12-7-5-11(6-8-12)15(14-4-2-10-21-14)18-16(19)13-3-1-9-20-13/h2,4-8,10,13,15H,1,3,9H2,(H,18,19)/t13-,15+/m0/s1. The van der Waals surface area contributed by atoms with Gasteiger partial charge in [0.15, 0.2) is 0 Å². The Labute approximate surface area is 132 Å². The fraction of sp³-hybridized carbons (Fsp3) is 0.312. The van der Waals surface area contributed by atoms with Crippen LogP contribution in [0.1, 0.15) is 29.3 Å². The first-order valence-electron chi connectivity index (χ1n) is 6.95. The smallest absolute Gasteiger partial charge is 0.249 e.